The predicted octanol–water partition coefficient (Wildman–Crippen LogP) is 2.24. The minimum atomic E-state index is -0.982. The summed E-state index contributed by atoms with van der Waals surface area (Å²) in [6.45, 7) is 5.77. The lowest BCUT2D eigenvalue weighted by Gasteiger charge is -2.32. The van der Waals surface area contributed by atoms with Gasteiger partial charge in [-0.15, -0.1) is 0 Å². The Hall–Kier alpha value is -3.47. The van der Waals surface area contributed by atoms with Crippen LogP contribution in [-0.4, -0.2) is 84.5 Å². The smallest absolute Gasteiger partial charge is 0.407 e. The van der Waals surface area contributed by atoms with Crippen molar-refractivity contribution in [1.29, 1.82) is 0 Å². The molecule has 0 aliphatic carbocycles. The Bertz CT molecular complexity index is 1070. The number of ether oxygens (including phenoxy) is 2. The van der Waals surface area contributed by atoms with Gasteiger partial charge in [-0.25, -0.2) is 4.79 Å². The van der Waals surface area contributed by atoms with E-state index in [4.69, 9.17) is 9.47 Å². The first kappa shape index (κ1) is 27.6. The van der Waals surface area contributed by atoms with Crippen LogP contribution in [0.3, 0.4) is 0 Å². The molecule has 11 heteroatoms. The number of nitrogens with zero attached hydrogens (tertiary/aromatic N) is 2. The number of piperidine rings is 2. The van der Waals surface area contributed by atoms with E-state index in [0.29, 0.717) is 19.0 Å². The molecular formula is C27H36N4O7. The highest BCUT2D eigenvalue weighted by Crippen LogP contribution is 2.30. The summed E-state index contributed by atoms with van der Waals surface area (Å²) in [5, 5.41) is 5.15. The van der Waals surface area contributed by atoms with Gasteiger partial charge >= 0.3 is 6.09 Å². The molecule has 2 N–H and O–H groups in total. The van der Waals surface area contributed by atoms with Crippen LogP contribution in [0.25, 0.3) is 0 Å². The molecule has 3 aliphatic heterocycles. The quantitative estimate of drug-likeness (QED) is 0.330. The van der Waals surface area contributed by atoms with Crippen LogP contribution in [0.2, 0.25) is 0 Å². The van der Waals surface area contributed by atoms with E-state index >= 15 is 0 Å². The van der Waals surface area contributed by atoms with Crippen molar-refractivity contribution < 1.29 is 33.4 Å². The van der Waals surface area contributed by atoms with E-state index < -0.39 is 29.7 Å². The average molecular weight is 529 g/mol. The Morgan fingerprint density at radius 2 is 1.76 bits per heavy atom. The predicted molar refractivity (Wildman–Crippen MR) is 137 cm³/mol. The molecule has 0 saturated carbocycles. The molecule has 206 valence electrons. The molecule has 1 aromatic carbocycles. The van der Waals surface area contributed by atoms with Crippen LogP contribution in [0, 0.1) is 0 Å². The van der Waals surface area contributed by atoms with Crippen LogP contribution in [0.15, 0.2) is 18.2 Å². The maximum atomic E-state index is 12.9. The number of carbonyl (C=O) groups is 5. The minimum absolute atomic E-state index is 0.0842. The van der Waals surface area contributed by atoms with Gasteiger partial charge in [-0.05, 0) is 63.3 Å². The molecule has 1 unspecified atom stereocenters. The normalized spacial score (nSPS) is 20.3. The van der Waals surface area contributed by atoms with Crippen LogP contribution in [-0.2, 0) is 14.3 Å². The molecule has 2 saturated heterocycles. The highest BCUT2D eigenvalue weighted by atomic mass is 16.5. The SMILES string of the molecule is CCCCOC(=O)NC1CCN(CCCCOc2ccc3c(c2)C(=O)N(C2CCC(=O)NC2=O)C3=O)CC1. The molecule has 1 atom stereocenters. The van der Waals surface area contributed by atoms with Crippen molar-refractivity contribution in [2.24, 2.45) is 0 Å². The van der Waals surface area contributed by atoms with Gasteiger partial charge in [0.15, 0.2) is 0 Å². The number of benzene rings is 1. The first-order valence-corrected chi connectivity index (χ1v) is 13.5. The molecule has 2 fully saturated rings. The lowest BCUT2D eigenvalue weighted by Crippen LogP contribution is -2.54. The van der Waals surface area contributed by atoms with E-state index in [-0.39, 0.29) is 36.1 Å². The molecule has 1 aromatic rings. The third kappa shape index (κ3) is 6.69. The van der Waals surface area contributed by atoms with Gasteiger partial charge in [0.1, 0.15) is 11.8 Å². The second kappa shape index (κ2) is 12.9. The lowest BCUT2D eigenvalue weighted by atomic mass is 10.0. The Balaban J connectivity index is 1.16. The molecule has 4 rings (SSSR count). The summed E-state index contributed by atoms with van der Waals surface area (Å²) in [7, 11) is 0. The van der Waals surface area contributed by atoms with E-state index in [9.17, 15) is 24.0 Å². The molecule has 0 bridgehead atoms. The maximum Gasteiger partial charge on any atom is 0.407 e. The van der Waals surface area contributed by atoms with E-state index in [1.54, 1.807) is 18.2 Å². The lowest BCUT2D eigenvalue weighted by molar-refractivity contribution is -0.136. The Morgan fingerprint density at radius 1 is 1.00 bits per heavy atom. The molecule has 11 nitrogen and oxygen atoms in total. The van der Waals surface area contributed by atoms with E-state index in [0.717, 1.165) is 63.1 Å². The van der Waals surface area contributed by atoms with Crippen molar-refractivity contribution in [3.63, 3.8) is 0 Å². The summed E-state index contributed by atoms with van der Waals surface area (Å²) in [4.78, 5) is 64.5. The molecule has 3 aliphatic rings. The average Bonchev–Trinajstić information content (AvgIpc) is 3.14. The zero-order valence-corrected chi connectivity index (χ0v) is 21.8. The summed E-state index contributed by atoms with van der Waals surface area (Å²) in [6, 6.07) is 3.93. The number of likely N-dealkylation sites (tertiary alicyclic amines) is 1. The molecule has 5 amide bonds. The van der Waals surface area contributed by atoms with Crippen LogP contribution in [0.4, 0.5) is 4.79 Å². The van der Waals surface area contributed by atoms with Crippen LogP contribution in [0.5, 0.6) is 5.75 Å². The Kier molecular flexibility index (Phi) is 9.33. The van der Waals surface area contributed by atoms with Crippen molar-refractivity contribution in [3.8, 4) is 5.75 Å². The van der Waals surface area contributed by atoms with Crippen LogP contribution in [0.1, 0.15) is 79.0 Å². The van der Waals surface area contributed by atoms with E-state index in [1.165, 1.54) is 0 Å². The zero-order valence-electron chi connectivity index (χ0n) is 21.8. The number of unbranched alkanes of at least 4 members (excludes halogenated alkanes) is 2. The zero-order chi connectivity index (χ0) is 27.1. The Labute approximate surface area is 222 Å². The first-order valence-electron chi connectivity index (χ1n) is 13.5. The second-order valence-electron chi connectivity index (χ2n) is 9.96. The van der Waals surface area contributed by atoms with Crippen molar-refractivity contribution in [2.75, 3.05) is 32.8 Å². The van der Waals surface area contributed by atoms with Gasteiger partial charge in [-0.2, -0.15) is 0 Å². The van der Waals surface area contributed by atoms with Gasteiger partial charge in [0.25, 0.3) is 11.8 Å². The number of alkyl carbamates (subject to hydrolysis) is 1. The van der Waals surface area contributed by atoms with E-state index in [1.807, 2.05) is 0 Å². The number of hydrogen-bond acceptors (Lipinski definition) is 8. The fourth-order valence-electron chi connectivity index (χ4n) is 4.99. The highest BCUT2D eigenvalue weighted by Gasteiger charge is 2.44. The van der Waals surface area contributed by atoms with Crippen molar-refractivity contribution >= 4 is 29.7 Å². The van der Waals surface area contributed by atoms with Crippen molar-refractivity contribution in [1.82, 2.24) is 20.4 Å². The summed E-state index contributed by atoms with van der Waals surface area (Å²) in [5.41, 5.74) is 0.446. The maximum absolute atomic E-state index is 12.9. The number of carbonyl (C=O) groups excluding carboxylic acids is 5. The van der Waals surface area contributed by atoms with Gasteiger partial charge in [0, 0.05) is 25.6 Å². The second-order valence-corrected chi connectivity index (χ2v) is 9.96. The van der Waals surface area contributed by atoms with Crippen LogP contribution >= 0.6 is 0 Å². The van der Waals surface area contributed by atoms with Crippen molar-refractivity contribution in [3.05, 3.63) is 29.3 Å². The number of fused-ring (bicyclic) bond motifs is 1. The molecule has 0 radical (unpaired) electrons. The molecule has 3 heterocycles. The fraction of sp³-hybridized carbons (Fsp3) is 0.593. The van der Waals surface area contributed by atoms with Gasteiger partial charge in [-0.3, -0.25) is 29.4 Å². The number of amides is 5. The number of imide groups is 2. The van der Waals surface area contributed by atoms with Gasteiger partial charge in [0.2, 0.25) is 11.8 Å². The molecule has 0 aromatic heterocycles. The summed E-state index contributed by atoms with van der Waals surface area (Å²) >= 11 is 0. The third-order valence-electron chi connectivity index (χ3n) is 7.19. The summed E-state index contributed by atoms with van der Waals surface area (Å²) in [5.74, 6) is -1.61. The number of hydrogen-bond donors (Lipinski definition) is 2. The molecular weight excluding hydrogens is 492 g/mol. The van der Waals surface area contributed by atoms with Crippen LogP contribution < -0.4 is 15.4 Å². The monoisotopic (exact) mass is 528 g/mol. The third-order valence-corrected chi connectivity index (χ3v) is 7.19. The van der Waals surface area contributed by atoms with Gasteiger partial charge in [-0.1, -0.05) is 13.3 Å². The highest BCUT2D eigenvalue weighted by molar-refractivity contribution is 6.23. The largest absolute Gasteiger partial charge is 0.494 e. The molecule has 38 heavy (non-hydrogen) atoms. The van der Waals surface area contributed by atoms with Gasteiger partial charge in [0.05, 0.1) is 24.3 Å². The standard InChI is InChI=1S/C27H36N4O7/c1-2-3-15-38-27(36)28-18-10-13-30(14-11-18)12-4-5-16-37-19-6-7-20-21(17-19)26(35)31(25(20)34)22-8-9-23(32)29-24(22)33/h6-7,17-18,22H,2-5,8-16H2,1H3,(H,28,36)(H,29,32,33). The topological polar surface area (TPSA) is 134 Å². The summed E-state index contributed by atoms with van der Waals surface area (Å²) in [6.07, 6.45) is 5.33. The molecule has 0 spiro atoms. The first-order chi connectivity index (χ1) is 18.4. The number of rotatable bonds is 11. The minimum Gasteiger partial charge on any atom is -0.494 e. The fourth-order valence-corrected chi connectivity index (χ4v) is 4.99. The summed E-state index contributed by atoms with van der Waals surface area (Å²) < 4.78 is 11.0. The van der Waals surface area contributed by atoms with Crippen molar-refractivity contribution in [2.45, 2.75) is 70.4 Å². The Morgan fingerprint density at radius 3 is 2.50 bits per heavy atom. The van der Waals surface area contributed by atoms with Gasteiger partial charge < -0.3 is 19.7 Å². The van der Waals surface area contributed by atoms with E-state index in [2.05, 4.69) is 22.5 Å². The number of nitrogens with one attached hydrogen (secondary N) is 2.